The van der Waals surface area contributed by atoms with Gasteiger partial charge in [0.1, 0.15) is 6.10 Å². The summed E-state index contributed by atoms with van der Waals surface area (Å²) in [6.07, 6.45) is 1.84. The van der Waals surface area contributed by atoms with Gasteiger partial charge >= 0.3 is 0 Å². The van der Waals surface area contributed by atoms with Gasteiger partial charge in [0.2, 0.25) is 0 Å². The minimum absolute atomic E-state index is 0.0948. The van der Waals surface area contributed by atoms with Crippen LogP contribution in [0.15, 0.2) is 0 Å². The summed E-state index contributed by atoms with van der Waals surface area (Å²) in [5.41, 5.74) is 0. The maximum Gasteiger partial charge on any atom is 0.151 e. The monoisotopic (exact) mass is 160 g/mol. The Bertz CT molecular complexity index is 99.5. The Morgan fingerprint density at radius 2 is 2.00 bits per heavy atom. The van der Waals surface area contributed by atoms with Gasteiger partial charge < -0.3 is 14.6 Å². The van der Waals surface area contributed by atoms with E-state index in [1.54, 1.807) is 0 Å². The maximum absolute atomic E-state index is 10.2. The standard InChI is InChI=1S/C8H16O3/c1-3-7(4-2)11-8(5-9)6-10/h5,7-8,10H,3-4,6H2,1-2H3/t8-/m0/s1. The fraction of sp³-hybridized carbons (Fsp3) is 0.875. The van der Waals surface area contributed by atoms with Gasteiger partial charge in [-0.15, -0.1) is 0 Å². The Hall–Kier alpha value is -0.410. The molecular formula is C8H16O3. The Kier molecular flexibility index (Phi) is 6.07. The van der Waals surface area contributed by atoms with Crippen LogP contribution in [-0.4, -0.2) is 30.2 Å². The predicted molar refractivity (Wildman–Crippen MR) is 42.4 cm³/mol. The molecule has 0 heterocycles. The van der Waals surface area contributed by atoms with Crippen molar-refractivity contribution in [1.29, 1.82) is 0 Å². The van der Waals surface area contributed by atoms with E-state index >= 15 is 0 Å². The van der Waals surface area contributed by atoms with Crippen LogP contribution in [0.25, 0.3) is 0 Å². The zero-order valence-corrected chi connectivity index (χ0v) is 7.12. The van der Waals surface area contributed by atoms with Gasteiger partial charge in [-0.05, 0) is 12.8 Å². The van der Waals surface area contributed by atoms with Crippen molar-refractivity contribution in [2.45, 2.75) is 38.9 Å². The second-order valence-corrected chi connectivity index (χ2v) is 2.43. The van der Waals surface area contributed by atoms with Crippen molar-refractivity contribution < 1.29 is 14.6 Å². The second-order valence-electron chi connectivity index (χ2n) is 2.43. The largest absolute Gasteiger partial charge is 0.393 e. The third kappa shape index (κ3) is 4.11. The number of rotatable bonds is 6. The highest BCUT2D eigenvalue weighted by molar-refractivity contribution is 5.56. The lowest BCUT2D eigenvalue weighted by Gasteiger charge is -2.17. The zero-order chi connectivity index (χ0) is 8.69. The molecule has 1 atom stereocenters. The quantitative estimate of drug-likeness (QED) is 0.583. The molecule has 0 saturated heterocycles. The average Bonchev–Trinajstić information content (AvgIpc) is 2.07. The highest BCUT2D eigenvalue weighted by atomic mass is 16.5. The fourth-order valence-electron chi connectivity index (χ4n) is 0.846. The molecule has 0 aliphatic rings. The summed E-state index contributed by atoms with van der Waals surface area (Å²) >= 11 is 0. The van der Waals surface area contributed by atoms with Crippen LogP contribution < -0.4 is 0 Å². The van der Waals surface area contributed by atoms with E-state index in [0.717, 1.165) is 12.8 Å². The molecule has 3 heteroatoms. The van der Waals surface area contributed by atoms with Crippen molar-refractivity contribution in [3.8, 4) is 0 Å². The van der Waals surface area contributed by atoms with E-state index in [2.05, 4.69) is 0 Å². The van der Waals surface area contributed by atoms with Gasteiger partial charge in [-0.2, -0.15) is 0 Å². The molecule has 0 amide bonds. The first-order valence-electron chi connectivity index (χ1n) is 4.00. The molecule has 1 N–H and O–H groups in total. The Labute approximate surface area is 67.4 Å². The van der Waals surface area contributed by atoms with Crippen molar-refractivity contribution in [3.05, 3.63) is 0 Å². The molecule has 0 bridgehead atoms. The van der Waals surface area contributed by atoms with E-state index in [-0.39, 0.29) is 12.7 Å². The molecule has 11 heavy (non-hydrogen) atoms. The molecule has 0 aliphatic heterocycles. The number of carbonyl (C=O) groups is 1. The molecule has 0 rings (SSSR count). The number of carbonyl (C=O) groups excluding carboxylic acids is 1. The van der Waals surface area contributed by atoms with Gasteiger partial charge in [0, 0.05) is 0 Å². The van der Waals surface area contributed by atoms with Crippen molar-refractivity contribution >= 4 is 6.29 Å². The van der Waals surface area contributed by atoms with E-state index in [4.69, 9.17) is 9.84 Å². The van der Waals surface area contributed by atoms with Crippen LogP contribution in [0.3, 0.4) is 0 Å². The van der Waals surface area contributed by atoms with Crippen LogP contribution in [0.1, 0.15) is 26.7 Å². The molecule has 0 radical (unpaired) electrons. The number of hydrogen-bond donors (Lipinski definition) is 1. The van der Waals surface area contributed by atoms with Gasteiger partial charge in [0.25, 0.3) is 0 Å². The third-order valence-electron chi connectivity index (χ3n) is 1.61. The van der Waals surface area contributed by atoms with E-state index in [9.17, 15) is 4.79 Å². The smallest absolute Gasteiger partial charge is 0.151 e. The van der Waals surface area contributed by atoms with Crippen LogP contribution in [0.4, 0.5) is 0 Å². The van der Waals surface area contributed by atoms with Gasteiger partial charge in [0.15, 0.2) is 6.29 Å². The van der Waals surface area contributed by atoms with E-state index in [1.165, 1.54) is 0 Å². The summed E-state index contributed by atoms with van der Waals surface area (Å²) in [5, 5.41) is 8.61. The molecule has 0 spiro atoms. The summed E-state index contributed by atoms with van der Waals surface area (Å²) in [6, 6.07) is 0. The third-order valence-corrected chi connectivity index (χ3v) is 1.61. The van der Waals surface area contributed by atoms with Crippen LogP contribution >= 0.6 is 0 Å². The van der Waals surface area contributed by atoms with Crippen molar-refractivity contribution in [1.82, 2.24) is 0 Å². The maximum atomic E-state index is 10.2. The Balaban J connectivity index is 3.67. The van der Waals surface area contributed by atoms with Crippen LogP contribution in [0, 0.1) is 0 Å². The van der Waals surface area contributed by atoms with Gasteiger partial charge in [-0.1, -0.05) is 13.8 Å². The number of ether oxygens (including phenoxy) is 1. The lowest BCUT2D eigenvalue weighted by atomic mass is 10.2. The zero-order valence-electron chi connectivity index (χ0n) is 7.12. The lowest BCUT2D eigenvalue weighted by Crippen LogP contribution is -2.25. The SMILES string of the molecule is CCC(CC)O[C@@H](C=O)CO. The highest BCUT2D eigenvalue weighted by Crippen LogP contribution is 2.04. The molecule has 0 aromatic heterocycles. The first-order valence-corrected chi connectivity index (χ1v) is 4.00. The van der Waals surface area contributed by atoms with Crippen molar-refractivity contribution in [2.24, 2.45) is 0 Å². The van der Waals surface area contributed by atoms with Crippen LogP contribution in [0.2, 0.25) is 0 Å². The number of aldehydes is 1. The van der Waals surface area contributed by atoms with E-state index in [1.807, 2.05) is 13.8 Å². The van der Waals surface area contributed by atoms with Crippen molar-refractivity contribution in [2.75, 3.05) is 6.61 Å². The minimum atomic E-state index is -0.639. The first kappa shape index (κ1) is 10.6. The van der Waals surface area contributed by atoms with Crippen LogP contribution in [0.5, 0.6) is 0 Å². The van der Waals surface area contributed by atoms with Crippen LogP contribution in [-0.2, 0) is 9.53 Å². The summed E-state index contributed by atoms with van der Waals surface area (Å²) in [4.78, 5) is 10.2. The summed E-state index contributed by atoms with van der Waals surface area (Å²) in [6.45, 7) is 3.76. The Morgan fingerprint density at radius 1 is 1.45 bits per heavy atom. The summed E-state index contributed by atoms with van der Waals surface area (Å²) in [7, 11) is 0. The molecule has 3 nitrogen and oxygen atoms in total. The van der Waals surface area contributed by atoms with E-state index in [0.29, 0.717) is 6.29 Å². The number of aliphatic hydroxyl groups is 1. The molecule has 0 aromatic carbocycles. The second kappa shape index (κ2) is 6.31. The lowest BCUT2D eigenvalue weighted by molar-refractivity contribution is -0.125. The summed E-state index contributed by atoms with van der Waals surface area (Å²) in [5.74, 6) is 0. The minimum Gasteiger partial charge on any atom is -0.393 e. The topological polar surface area (TPSA) is 46.5 Å². The van der Waals surface area contributed by atoms with Gasteiger partial charge in [-0.25, -0.2) is 0 Å². The molecule has 0 aliphatic carbocycles. The number of hydrogen-bond acceptors (Lipinski definition) is 3. The highest BCUT2D eigenvalue weighted by Gasteiger charge is 2.11. The number of aliphatic hydroxyl groups excluding tert-OH is 1. The summed E-state index contributed by atoms with van der Waals surface area (Å²) < 4.78 is 5.23. The molecule has 0 fully saturated rings. The molecule has 0 saturated carbocycles. The van der Waals surface area contributed by atoms with Gasteiger partial charge in [-0.3, -0.25) is 0 Å². The van der Waals surface area contributed by atoms with Gasteiger partial charge in [0.05, 0.1) is 12.7 Å². The fourth-order valence-corrected chi connectivity index (χ4v) is 0.846. The average molecular weight is 160 g/mol. The molecule has 0 unspecified atom stereocenters. The first-order chi connectivity index (χ1) is 5.28. The predicted octanol–water partition coefficient (Wildman–Crippen LogP) is 0.751. The Morgan fingerprint density at radius 3 is 2.27 bits per heavy atom. The van der Waals surface area contributed by atoms with E-state index < -0.39 is 6.10 Å². The molecular weight excluding hydrogens is 144 g/mol. The van der Waals surface area contributed by atoms with Crippen molar-refractivity contribution in [3.63, 3.8) is 0 Å². The molecule has 0 aromatic rings. The molecule has 66 valence electrons. The normalized spacial score (nSPS) is 13.5.